The fourth-order valence-corrected chi connectivity index (χ4v) is 9.58. The lowest BCUT2D eigenvalue weighted by Gasteiger charge is -2.18. The summed E-state index contributed by atoms with van der Waals surface area (Å²) in [6, 6.07) is 20.2. The Hall–Kier alpha value is -7.50. The monoisotopic (exact) mass is 1010 g/mol. The number of fused-ring (bicyclic) bond motifs is 2. The summed E-state index contributed by atoms with van der Waals surface area (Å²) in [6.07, 6.45) is -1.15. The molecule has 0 saturated carbocycles. The number of aryl methyl sites for hydroxylation is 2. The first kappa shape index (κ1) is 49.9. The van der Waals surface area contributed by atoms with E-state index >= 15 is 0 Å². The third-order valence-corrected chi connectivity index (χ3v) is 13.4. The summed E-state index contributed by atoms with van der Waals surface area (Å²) in [7, 11) is -4.64. The number of hydrogen-bond acceptors (Lipinski definition) is 16. The van der Waals surface area contributed by atoms with E-state index in [1.807, 2.05) is 0 Å². The number of H-pyrrole nitrogens is 1. The van der Waals surface area contributed by atoms with E-state index < -0.39 is 61.9 Å². The molecule has 1 unspecified atom stereocenters. The SMILES string of the molecule is Cc1cn([C@H]2C[C@@H](O)[C@@H](COP(=O)(O)OCCSc3cc(O)n(-c4ccc(CCCC(=O)NNC(=O)c5ccc(C(=O)O)c(-c6c7ccc(=O)cc-7oc7cc(O)ccc67)c5)cc4)c3O)O2)c(=O)[nH]c1=O. The normalized spacial score (nSPS) is 16.5. The smallest absolute Gasteiger partial charge is 0.472 e. The first-order chi connectivity index (χ1) is 33.8. The van der Waals surface area contributed by atoms with Gasteiger partial charge in [-0.1, -0.05) is 12.1 Å². The molecular weight excluding hydrogens is 970 g/mol. The summed E-state index contributed by atoms with van der Waals surface area (Å²) in [5.74, 6) is -3.10. The van der Waals surface area contributed by atoms with Crippen LogP contribution in [0.25, 0.3) is 39.1 Å². The van der Waals surface area contributed by atoms with Gasteiger partial charge in [0.25, 0.3) is 11.5 Å². The van der Waals surface area contributed by atoms with Crippen LogP contribution in [0.15, 0.2) is 115 Å². The Balaban J connectivity index is 0.802. The Morgan fingerprint density at radius 1 is 0.930 bits per heavy atom. The van der Waals surface area contributed by atoms with Crippen LogP contribution in [0.1, 0.15) is 57.3 Å². The van der Waals surface area contributed by atoms with Crippen LogP contribution in [0.3, 0.4) is 0 Å². The summed E-state index contributed by atoms with van der Waals surface area (Å²) in [5, 5.41) is 52.7. The van der Waals surface area contributed by atoms with Crippen molar-refractivity contribution in [3.63, 3.8) is 0 Å². The van der Waals surface area contributed by atoms with Crippen LogP contribution >= 0.6 is 19.6 Å². The quantitative estimate of drug-likeness (QED) is 0.0196. The maximum Gasteiger partial charge on any atom is 0.472 e. The molecule has 3 aromatic carbocycles. The van der Waals surface area contributed by atoms with Gasteiger partial charge < -0.3 is 39.6 Å². The van der Waals surface area contributed by atoms with Crippen LogP contribution in [-0.4, -0.2) is 93.5 Å². The number of phosphoric ester groups is 1. The third kappa shape index (κ3) is 11.3. The van der Waals surface area contributed by atoms with Crippen molar-refractivity contribution in [2.75, 3.05) is 19.0 Å². The minimum absolute atomic E-state index is 0.00776. The van der Waals surface area contributed by atoms with Gasteiger partial charge in [0.1, 0.15) is 29.4 Å². The van der Waals surface area contributed by atoms with Crippen molar-refractivity contribution in [1.82, 2.24) is 25.0 Å². The van der Waals surface area contributed by atoms with Gasteiger partial charge in [-0.25, -0.2) is 14.2 Å². The molecule has 1 aliphatic carbocycles. The summed E-state index contributed by atoms with van der Waals surface area (Å²) in [6.45, 7) is 0.620. The number of carbonyl (C=O) groups is 3. The Kier molecular flexibility index (Phi) is 14.6. The molecule has 0 radical (unpaired) electrons. The van der Waals surface area contributed by atoms with E-state index in [0.29, 0.717) is 35.0 Å². The Morgan fingerprint density at radius 3 is 2.46 bits per heavy atom. The minimum Gasteiger partial charge on any atom is -0.508 e. The van der Waals surface area contributed by atoms with Crippen molar-refractivity contribution in [3.8, 4) is 45.6 Å². The maximum absolute atomic E-state index is 13.3. The van der Waals surface area contributed by atoms with Gasteiger partial charge in [0.2, 0.25) is 11.8 Å². The molecular formula is C47H44N5O17PS. The molecule has 370 valence electrons. The molecule has 2 amide bonds. The number of aromatic nitrogens is 3. The number of ether oxygens (including phenoxy) is 1. The third-order valence-electron chi connectivity index (χ3n) is 11.4. The van der Waals surface area contributed by atoms with Gasteiger partial charge >= 0.3 is 19.5 Å². The largest absolute Gasteiger partial charge is 0.508 e. The number of phosphoric acid groups is 1. The van der Waals surface area contributed by atoms with Crippen LogP contribution < -0.4 is 27.5 Å². The zero-order valence-corrected chi connectivity index (χ0v) is 39.0. The van der Waals surface area contributed by atoms with E-state index in [-0.39, 0.29) is 86.6 Å². The van der Waals surface area contributed by atoms with E-state index in [1.54, 1.807) is 24.3 Å². The molecule has 4 heterocycles. The predicted octanol–water partition coefficient (Wildman–Crippen LogP) is 4.69. The number of carbonyl (C=O) groups excluding carboxylic acids is 2. The fraction of sp³-hybridized carbons (Fsp3) is 0.234. The molecule has 71 heavy (non-hydrogen) atoms. The molecule has 2 aromatic heterocycles. The number of hydrazine groups is 1. The number of amides is 2. The molecule has 5 aromatic rings. The number of benzene rings is 4. The number of aliphatic hydroxyl groups is 1. The van der Waals surface area contributed by atoms with Gasteiger partial charge in [-0.05, 0) is 85.5 Å². The van der Waals surface area contributed by atoms with Crippen molar-refractivity contribution in [2.24, 2.45) is 0 Å². The van der Waals surface area contributed by atoms with Crippen molar-refractivity contribution in [1.29, 1.82) is 0 Å². The summed E-state index contributed by atoms with van der Waals surface area (Å²) in [4.78, 5) is 87.2. The van der Waals surface area contributed by atoms with Gasteiger partial charge in [-0.3, -0.25) is 53.2 Å². The molecule has 2 aliphatic heterocycles. The van der Waals surface area contributed by atoms with Crippen LogP contribution in [0.5, 0.6) is 17.5 Å². The van der Waals surface area contributed by atoms with E-state index in [0.717, 1.165) is 21.9 Å². The average Bonchev–Trinajstić information content (AvgIpc) is 3.84. The summed E-state index contributed by atoms with van der Waals surface area (Å²) < 4.78 is 36.4. The Labute approximate surface area is 404 Å². The lowest BCUT2D eigenvalue weighted by molar-refractivity contribution is -0.121. The summed E-state index contributed by atoms with van der Waals surface area (Å²) >= 11 is 1.02. The van der Waals surface area contributed by atoms with Crippen LogP contribution in [0.2, 0.25) is 0 Å². The molecule has 22 nitrogen and oxygen atoms in total. The molecule has 24 heteroatoms. The molecule has 4 atom stereocenters. The highest BCUT2D eigenvalue weighted by Gasteiger charge is 2.38. The zero-order chi connectivity index (χ0) is 50.7. The van der Waals surface area contributed by atoms with Gasteiger partial charge in [0.05, 0.1) is 35.5 Å². The zero-order valence-electron chi connectivity index (χ0n) is 37.3. The number of nitrogens with one attached hydrogen (secondary N) is 3. The molecule has 0 bridgehead atoms. The number of hydrogen-bond donors (Lipinski definition) is 9. The number of thioether (sulfide) groups is 1. The second-order valence-corrected chi connectivity index (χ2v) is 18.9. The number of carboxylic acids is 1. The average molecular weight is 1010 g/mol. The van der Waals surface area contributed by atoms with E-state index in [4.69, 9.17) is 18.2 Å². The molecule has 1 saturated heterocycles. The maximum atomic E-state index is 13.3. The van der Waals surface area contributed by atoms with Crippen LogP contribution in [-0.2, 0) is 29.6 Å². The van der Waals surface area contributed by atoms with Crippen LogP contribution in [0.4, 0.5) is 0 Å². The second-order valence-electron chi connectivity index (χ2n) is 16.3. The molecule has 9 N–H and O–H groups in total. The molecule has 3 aliphatic rings. The molecule has 8 rings (SSSR count). The standard InChI is InChI=1S/C47H44N5O17PS/c1-24-22-51(47(63)48-43(24)58)41-20-34(55)37(69-41)23-67-70(64,65)66-15-16-71-38-21-40(57)52(45(38)60)27-8-5-25(6-9-27)3-2-4-39(56)49-50-44(59)26-7-12-30(46(61)62)33(17-26)42-31-13-10-28(53)18-35(31)68-36-19-29(54)11-14-32(36)42/h5-14,17-19,21-22,34,37,41,53,55,57,60H,2-4,15-16,20,23H2,1H3,(H,49,56)(H,50,59)(H,61,62)(H,64,65)(H,48,58,63)/t34-,37-,41-/m1/s1. The number of nitrogens with zero attached hydrogens (tertiary/aromatic N) is 2. The number of carboxylic acid groups (broad SMARTS) is 1. The fourth-order valence-electron chi connectivity index (χ4n) is 7.92. The highest BCUT2D eigenvalue weighted by atomic mass is 32.2. The van der Waals surface area contributed by atoms with Crippen molar-refractivity contribution in [2.45, 2.75) is 55.9 Å². The predicted molar refractivity (Wildman–Crippen MR) is 254 cm³/mol. The van der Waals surface area contributed by atoms with Gasteiger partial charge in [-0.15, -0.1) is 11.8 Å². The number of aliphatic hydroxyl groups excluding tert-OH is 1. The molecule has 0 spiro atoms. The van der Waals surface area contributed by atoms with E-state index in [2.05, 4.69) is 15.8 Å². The highest BCUT2D eigenvalue weighted by Crippen LogP contribution is 2.46. The number of aromatic amines is 1. The summed E-state index contributed by atoms with van der Waals surface area (Å²) in [5.41, 5.74) is 5.39. The highest BCUT2D eigenvalue weighted by molar-refractivity contribution is 7.99. The van der Waals surface area contributed by atoms with Crippen LogP contribution in [0, 0.1) is 6.92 Å². The van der Waals surface area contributed by atoms with E-state index in [9.17, 15) is 63.8 Å². The number of aromatic carboxylic acids is 1. The molecule has 1 fully saturated rings. The first-order valence-electron chi connectivity index (χ1n) is 21.7. The Bertz CT molecular complexity index is 3390. The lowest BCUT2D eigenvalue weighted by atomic mass is 9.89. The van der Waals surface area contributed by atoms with E-state index in [1.165, 1.54) is 78.4 Å². The lowest BCUT2D eigenvalue weighted by Crippen LogP contribution is -2.41. The van der Waals surface area contributed by atoms with Crippen molar-refractivity contribution < 1.29 is 67.6 Å². The van der Waals surface area contributed by atoms with Gasteiger partial charge in [0.15, 0.2) is 11.3 Å². The van der Waals surface area contributed by atoms with Crippen molar-refractivity contribution >= 4 is 48.3 Å². The number of rotatable bonds is 17. The topological polar surface area (TPSA) is 331 Å². The van der Waals surface area contributed by atoms with Gasteiger partial charge in [-0.2, -0.15) is 0 Å². The second kappa shape index (κ2) is 20.8. The van der Waals surface area contributed by atoms with Crippen molar-refractivity contribution in [3.05, 3.63) is 144 Å². The van der Waals surface area contributed by atoms with Gasteiger partial charge in [0, 0.05) is 70.6 Å². The first-order valence-corrected chi connectivity index (χ1v) is 24.1. The Morgan fingerprint density at radius 2 is 1.70 bits per heavy atom. The number of aromatic hydroxyl groups is 3. The minimum atomic E-state index is -4.64. The number of phenols is 1. The number of phenolic OH excluding ortho intramolecular Hbond substituents is 1.